The highest BCUT2D eigenvalue weighted by atomic mass is 32.2. The highest BCUT2D eigenvalue weighted by Crippen LogP contribution is 2.41. The lowest BCUT2D eigenvalue weighted by atomic mass is 10.0. The van der Waals surface area contributed by atoms with E-state index >= 15 is 0 Å². The molecule has 1 aliphatic carbocycles. The molecule has 0 spiro atoms. The monoisotopic (exact) mass is 249 g/mol. The lowest BCUT2D eigenvalue weighted by Crippen LogP contribution is -2.15. The zero-order chi connectivity index (χ0) is 11.9. The fraction of sp³-hybridized carbons (Fsp3) is 0.600. The van der Waals surface area contributed by atoms with Crippen molar-refractivity contribution in [2.24, 2.45) is 0 Å². The number of hydrogen-bond acceptors (Lipinski definition) is 2. The van der Waals surface area contributed by atoms with Crippen LogP contribution < -0.4 is 5.32 Å². The van der Waals surface area contributed by atoms with Crippen LogP contribution in [0, 0.1) is 0 Å². The van der Waals surface area contributed by atoms with E-state index in [9.17, 15) is 0 Å². The van der Waals surface area contributed by atoms with Crippen LogP contribution >= 0.6 is 11.8 Å². The van der Waals surface area contributed by atoms with Crippen molar-refractivity contribution >= 4 is 11.8 Å². The van der Waals surface area contributed by atoms with Gasteiger partial charge in [-0.25, -0.2) is 0 Å². The number of unbranched alkanes of at least 4 members (excludes halogenated alkanes) is 1. The zero-order valence-corrected chi connectivity index (χ0v) is 11.6. The Morgan fingerprint density at radius 3 is 2.82 bits per heavy atom. The second-order valence-electron chi connectivity index (χ2n) is 4.85. The Labute approximate surface area is 109 Å². The molecule has 0 amide bonds. The molecule has 94 valence electrons. The molecule has 0 bridgehead atoms. The molecule has 0 aliphatic heterocycles. The summed E-state index contributed by atoms with van der Waals surface area (Å²) in [6, 6.07) is 8.93. The van der Waals surface area contributed by atoms with Gasteiger partial charge in [0.05, 0.1) is 0 Å². The van der Waals surface area contributed by atoms with Gasteiger partial charge in [-0.15, -0.1) is 0 Å². The zero-order valence-electron chi connectivity index (χ0n) is 10.7. The molecule has 0 heterocycles. The van der Waals surface area contributed by atoms with Gasteiger partial charge in [-0.1, -0.05) is 24.3 Å². The van der Waals surface area contributed by atoms with Crippen molar-refractivity contribution in [2.45, 2.75) is 38.1 Å². The smallest absolute Gasteiger partial charge is 0.0208 e. The van der Waals surface area contributed by atoms with E-state index in [4.69, 9.17) is 0 Å². The maximum Gasteiger partial charge on any atom is 0.0208 e. The maximum absolute atomic E-state index is 3.57. The third kappa shape index (κ3) is 4.36. The summed E-state index contributed by atoms with van der Waals surface area (Å²) in [4.78, 5) is 0. The summed E-state index contributed by atoms with van der Waals surface area (Å²) >= 11 is 1.94. The molecule has 1 N–H and O–H groups in total. The molecule has 1 aromatic carbocycles. The van der Waals surface area contributed by atoms with E-state index in [0.29, 0.717) is 0 Å². The average molecular weight is 249 g/mol. The number of benzene rings is 1. The van der Waals surface area contributed by atoms with E-state index in [0.717, 1.165) is 19.0 Å². The van der Waals surface area contributed by atoms with Crippen LogP contribution in [0.2, 0.25) is 0 Å². The summed E-state index contributed by atoms with van der Waals surface area (Å²) in [7, 11) is 0. The van der Waals surface area contributed by atoms with Crippen LogP contribution in [0.5, 0.6) is 0 Å². The molecule has 2 rings (SSSR count). The standard InChI is InChI=1S/C15H23NS/c1-17-11-5-4-10-16-12-14-6-2-3-7-15(14)13-8-9-13/h2-3,6-7,13,16H,4-5,8-12H2,1H3. The first-order valence-corrected chi connectivity index (χ1v) is 8.08. The van der Waals surface area contributed by atoms with Crippen LogP contribution in [0.15, 0.2) is 24.3 Å². The second kappa shape index (κ2) is 7.07. The molecule has 2 heteroatoms. The van der Waals surface area contributed by atoms with Gasteiger partial charge in [0.1, 0.15) is 0 Å². The number of rotatable bonds is 8. The molecule has 0 aromatic heterocycles. The summed E-state index contributed by atoms with van der Waals surface area (Å²) in [5.41, 5.74) is 3.10. The average Bonchev–Trinajstić information content (AvgIpc) is 3.18. The molecule has 17 heavy (non-hydrogen) atoms. The second-order valence-corrected chi connectivity index (χ2v) is 5.84. The van der Waals surface area contributed by atoms with Crippen LogP contribution in [-0.2, 0) is 6.54 Å². The largest absolute Gasteiger partial charge is 0.313 e. The fourth-order valence-electron chi connectivity index (χ4n) is 2.21. The molecule has 0 saturated heterocycles. The van der Waals surface area contributed by atoms with Crippen molar-refractivity contribution in [2.75, 3.05) is 18.6 Å². The molecular formula is C15H23NS. The first-order chi connectivity index (χ1) is 8.42. The molecule has 0 unspecified atom stereocenters. The van der Waals surface area contributed by atoms with Gasteiger partial charge in [0.25, 0.3) is 0 Å². The molecule has 0 radical (unpaired) electrons. The first-order valence-electron chi connectivity index (χ1n) is 6.69. The van der Waals surface area contributed by atoms with Crippen molar-refractivity contribution in [1.29, 1.82) is 0 Å². The van der Waals surface area contributed by atoms with Crippen molar-refractivity contribution < 1.29 is 0 Å². The number of hydrogen-bond donors (Lipinski definition) is 1. The summed E-state index contributed by atoms with van der Waals surface area (Å²) in [6.07, 6.45) is 7.60. The Bertz CT molecular complexity index is 333. The fourth-order valence-corrected chi connectivity index (χ4v) is 2.70. The van der Waals surface area contributed by atoms with Gasteiger partial charge in [-0.2, -0.15) is 11.8 Å². The third-order valence-electron chi connectivity index (χ3n) is 3.34. The normalized spacial score (nSPS) is 15.1. The summed E-state index contributed by atoms with van der Waals surface area (Å²) in [5.74, 6) is 2.16. The Balaban J connectivity index is 1.71. The van der Waals surface area contributed by atoms with Crippen LogP contribution in [-0.4, -0.2) is 18.6 Å². The Kier molecular flexibility index (Phi) is 5.40. The predicted octanol–water partition coefficient (Wildman–Crippen LogP) is 3.80. The van der Waals surface area contributed by atoms with Crippen molar-refractivity contribution in [1.82, 2.24) is 5.32 Å². The van der Waals surface area contributed by atoms with Crippen LogP contribution in [0.1, 0.15) is 42.7 Å². The van der Waals surface area contributed by atoms with Crippen LogP contribution in [0.3, 0.4) is 0 Å². The minimum absolute atomic E-state index is 0.865. The molecule has 1 fully saturated rings. The highest BCUT2D eigenvalue weighted by molar-refractivity contribution is 7.98. The van der Waals surface area contributed by atoms with Gasteiger partial charge in [-0.05, 0) is 61.3 Å². The van der Waals surface area contributed by atoms with Crippen LogP contribution in [0.4, 0.5) is 0 Å². The third-order valence-corrected chi connectivity index (χ3v) is 4.04. The summed E-state index contributed by atoms with van der Waals surface area (Å²) < 4.78 is 0. The van der Waals surface area contributed by atoms with Gasteiger partial charge in [0.2, 0.25) is 0 Å². The Morgan fingerprint density at radius 2 is 2.06 bits per heavy atom. The van der Waals surface area contributed by atoms with Crippen molar-refractivity contribution in [3.63, 3.8) is 0 Å². The van der Waals surface area contributed by atoms with Gasteiger partial charge >= 0.3 is 0 Å². The van der Waals surface area contributed by atoms with E-state index in [1.165, 1.54) is 37.0 Å². The summed E-state index contributed by atoms with van der Waals surface area (Å²) in [5, 5.41) is 3.57. The lowest BCUT2D eigenvalue weighted by Gasteiger charge is -2.09. The number of thioether (sulfide) groups is 1. The Hall–Kier alpha value is -0.470. The predicted molar refractivity (Wildman–Crippen MR) is 77.7 cm³/mol. The number of nitrogens with one attached hydrogen (secondary N) is 1. The highest BCUT2D eigenvalue weighted by Gasteiger charge is 2.25. The topological polar surface area (TPSA) is 12.0 Å². The van der Waals surface area contributed by atoms with Gasteiger partial charge in [-0.3, -0.25) is 0 Å². The van der Waals surface area contributed by atoms with Crippen molar-refractivity contribution in [3.8, 4) is 0 Å². The minimum Gasteiger partial charge on any atom is -0.313 e. The quantitative estimate of drug-likeness (QED) is 0.703. The van der Waals surface area contributed by atoms with Crippen LogP contribution in [0.25, 0.3) is 0 Å². The maximum atomic E-state index is 3.57. The van der Waals surface area contributed by atoms with E-state index in [1.54, 1.807) is 5.56 Å². The van der Waals surface area contributed by atoms with E-state index in [2.05, 4.69) is 35.8 Å². The Morgan fingerprint density at radius 1 is 1.24 bits per heavy atom. The van der Waals surface area contributed by atoms with Gasteiger partial charge < -0.3 is 5.32 Å². The lowest BCUT2D eigenvalue weighted by molar-refractivity contribution is 0.641. The molecule has 1 aliphatic rings. The van der Waals surface area contributed by atoms with E-state index in [1.807, 2.05) is 11.8 Å². The molecule has 1 aromatic rings. The minimum atomic E-state index is 0.865. The summed E-state index contributed by atoms with van der Waals surface area (Å²) in [6.45, 7) is 2.20. The first kappa shape index (κ1) is 13.0. The molecule has 1 nitrogen and oxygen atoms in total. The van der Waals surface area contributed by atoms with Gasteiger partial charge in [0, 0.05) is 6.54 Å². The van der Waals surface area contributed by atoms with Crippen molar-refractivity contribution in [3.05, 3.63) is 35.4 Å². The molecule has 1 saturated carbocycles. The molecule has 0 atom stereocenters. The van der Waals surface area contributed by atoms with E-state index in [-0.39, 0.29) is 0 Å². The molecular weight excluding hydrogens is 226 g/mol. The SMILES string of the molecule is CSCCCCNCc1ccccc1C1CC1. The van der Waals surface area contributed by atoms with Gasteiger partial charge in [0.15, 0.2) is 0 Å². The van der Waals surface area contributed by atoms with E-state index < -0.39 is 0 Å².